The molecule has 0 fully saturated rings. The summed E-state index contributed by atoms with van der Waals surface area (Å²) in [5.41, 5.74) is 4.97. The lowest BCUT2D eigenvalue weighted by molar-refractivity contribution is -0.118. The first-order chi connectivity index (χ1) is 15.9. The average Bonchev–Trinajstić information content (AvgIpc) is 2.82. The first kappa shape index (κ1) is 24.1. The van der Waals surface area contributed by atoms with Crippen LogP contribution in [0, 0.1) is 0 Å². The van der Waals surface area contributed by atoms with Crippen molar-refractivity contribution < 1.29 is 19.1 Å². The van der Waals surface area contributed by atoms with Crippen LogP contribution in [0.25, 0.3) is 0 Å². The van der Waals surface area contributed by atoms with Gasteiger partial charge in [-0.1, -0.05) is 35.3 Å². The summed E-state index contributed by atoms with van der Waals surface area (Å²) in [6.07, 6.45) is 0. The fourth-order valence-corrected chi connectivity index (χ4v) is 3.20. The van der Waals surface area contributed by atoms with E-state index in [4.69, 9.17) is 32.7 Å². The molecule has 0 heterocycles. The molecule has 33 heavy (non-hydrogen) atoms. The van der Waals surface area contributed by atoms with Gasteiger partial charge < -0.3 is 14.8 Å². The molecule has 0 bridgehead atoms. The second-order valence-corrected chi connectivity index (χ2v) is 7.70. The van der Waals surface area contributed by atoms with E-state index in [0.717, 1.165) is 5.56 Å². The maximum absolute atomic E-state index is 12.2. The van der Waals surface area contributed by atoms with Crippen LogP contribution in [0.5, 0.6) is 11.5 Å². The molecule has 3 rings (SSSR count). The zero-order valence-corrected chi connectivity index (χ0v) is 19.4. The standard InChI is InChI=1S/C24H21Cl2N3O4/c1-15(28-29-24(31)17-5-10-20(32-2)11-6-17)16-3-8-19(9-4-16)27-23(30)14-33-22-12-7-18(25)13-21(22)26/h3-13H,14H2,1-2H3,(H,27,30)(H,29,31). The first-order valence-corrected chi connectivity index (χ1v) is 10.6. The summed E-state index contributed by atoms with van der Waals surface area (Å²) in [5.74, 6) is 0.362. The van der Waals surface area contributed by atoms with Crippen LogP contribution in [-0.4, -0.2) is 31.2 Å². The molecule has 3 aromatic rings. The van der Waals surface area contributed by atoms with Gasteiger partial charge >= 0.3 is 0 Å². The van der Waals surface area contributed by atoms with Crippen molar-refractivity contribution in [1.29, 1.82) is 0 Å². The number of anilines is 1. The molecule has 7 nitrogen and oxygen atoms in total. The SMILES string of the molecule is COc1ccc(C(=O)NN=C(C)c2ccc(NC(=O)COc3ccc(Cl)cc3Cl)cc2)cc1. The fourth-order valence-electron chi connectivity index (χ4n) is 2.73. The summed E-state index contributed by atoms with van der Waals surface area (Å²) >= 11 is 11.9. The van der Waals surface area contributed by atoms with E-state index in [0.29, 0.717) is 38.5 Å². The van der Waals surface area contributed by atoms with E-state index in [9.17, 15) is 9.59 Å². The number of methoxy groups -OCH3 is 1. The van der Waals surface area contributed by atoms with Gasteiger partial charge in [-0.2, -0.15) is 5.10 Å². The van der Waals surface area contributed by atoms with Crippen molar-refractivity contribution in [2.75, 3.05) is 19.0 Å². The van der Waals surface area contributed by atoms with E-state index in [-0.39, 0.29) is 18.4 Å². The van der Waals surface area contributed by atoms with Crippen LogP contribution in [0.2, 0.25) is 10.0 Å². The third kappa shape index (κ3) is 6.97. The molecule has 170 valence electrons. The van der Waals surface area contributed by atoms with Gasteiger partial charge in [0.15, 0.2) is 6.61 Å². The van der Waals surface area contributed by atoms with E-state index in [2.05, 4.69) is 15.8 Å². The van der Waals surface area contributed by atoms with Crippen LogP contribution >= 0.6 is 23.2 Å². The minimum Gasteiger partial charge on any atom is -0.497 e. The maximum Gasteiger partial charge on any atom is 0.271 e. The number of benzene rings is 3. The molecule has 0 aliphatic rings. The lowest BCUT2D eigenvalue weighted by Crippen LogP contribution is -2.20. The third-order valence-electron chi connectivity index (χ3n) is 4.52. The quantitative estimate of drug-likeness (QED) is 0.340. The highest BCUT2D eigenvalue weighted by Crippen LogP contribution is 2.27. The van der Waals surface area contributed by atoms with Crippen LogP contribution in [0.1, 0.15) is 22.8 Å². The summed E-state index contributed by atoms with van der Waals surface area (Å²) in [5, 5.41) is 7.68. The van der Waals surface area contributed by atoms with Gasteiger partial charge in [0, 0.05) is 16.3 Å². The normalized spacial score (nSPS) is 11.0. The Morgan fingerprint density at radius 2 is 1.61 bits per heavy atom. The number of carbonyl (C=O) groups excluding carboxylic acids is 2. The van der Waals surface area contributed by atoms with Crippen molar-refractivity contribution in [2.45, 2.75) is 6.92 Å². The van der Waals surface area contributed by atoms with Gasteiger partial charge in [0.1, 0.15) is 11.5 Å². The second kappa shape index (κ2) is 11.4. The first-order valence-electron chi connectivity index (χ1n) is 9.82. The molecule has 3 aromatic carbocycles. The Labute approximate surface area is 201 Å². The number of hydrogen-bond acceptors (Lipinski definition) is 5. The van der Waals surface area contributed by atoms with Gasteiger partial charge in [-0.05, 0) is 67.1 Å². The monoisotopic (exact) mass is 485 g/mol. The lowest BCUT2D eigenvalue weighted by Gasteiger charge is -2.09. The Hall–Kier alpha value is -3.55. The molecular formula is C24H21Cl2N3O4. The number of amides is 2. The average molecular weight is 486 g/mol. The Balaban J connectivity index is 1.52. The number of hydrogen-bond donors (Lipinski definition) is 2. The molecule has 9 heteroatoms. The molecule has 0 saturated carbocycles. The molecule has 0 unspecified atom stereocenters. The number of ether oxygens (including phenoxy) is 2. The van der Waals surface area contributed by atoms with E-state index < -0.39 is 0 Å². The second-order valence-electron chi connectivity index (χ2n) is 6.86. The highest BCUT2D eigenvalue weighted by atomic mass is 35.5. The number of rotatable bonds is 8. The van der Waals surface area contributed by atoms with Crippen LogP contribution in [0.4, 0.5) is 5.69 Å². The predicted octanol–water partition coefficient (Wildman–Crippen LogP) is 5.17. The minimum atomic E-state index is -0.342. The van der Waals surface area contributed by atoms with Gasteiger partial charge in [0.05, 0.1) is 17.8 Å². The van der Waals surface area contributed by atoms with Gasteiger partial charge in [0.2, 0.25) is 0 Å². The zero-order chi connectivity index (χ0) is 23.8. The van der Waals surface area contributed by atoms with Crippen LogP contribution in [0.3, 0.4) is 0 Å². The number of hydrazone groups is 1. The van der Waals surface area contributed by atoms with E-state index in [1.54, 1.807) is 80.8 Å². The number of nitrogens with one attached hydrogen (secondary N) is 2. The van der Waals surface area contributed by atoms with Crippen molar-refractivity contribution in [1.82, 2.24) is 5.43 Å². The highest BCUT2D eigenvalue weighted by Gasteiger charge is 2.08. The van der Waals surface area contributed by atoms with Crippen molar-refractivity contribution in [3.05, 3.63) is 87.9 Å². The van der Waals surface area contributed by atoms with Crippen molar-refractivity contribution in [2.24, 2.45) is 5.10 Å². The third-order valence-corrected chi connectivity index (χ3v) is 5.05. The van der Waals surface area contributed by atoms with Crippen molar-refractivity contribution >= 4 is 46.4 Å². The summed E-state index contributed by atoms with van der Waals surface area (Å²) in [4.78, 5) is 24.4. The van der Waals surface area contributed by atoms with Gasteiger partial charge in [-0.3, -0.25) is 9.59 Å². The molecule has 2 N–H and O–H groups in total. The van der Waals surface area contributed by atoms with Crippen LogP contribution in [0.15, 0.2) is 71.8 Å². The van der Waals surface area contributed by atoms with Gasteiger partial charge in [-0.25, -0.2) is 5.43 Å². The Kier molecular flexibility index (Phi) is 8.29. The summed E-state index contributed by atoms with van der Waals surface area (Å²) in [7, 11) is 1.56. The van der Waals surface area contributed by atoms with Crippen LogP contribution in [-0.2, 0) is 4.79 Å². The molecule has 2 amide bonds. The predicted molar refractivity (Wildman–Crippen MR) is 130 cm³/mol. The summed E-state index contributed by atoms with van der Waals surface area (Å²) < 4.78 is 10.5. The Morgan fingerprint density at radius 1 is 0.939 bits per heavy atom. The maximum atomic E-state index is 12.2. The minimum absolute atomic E-state index is 0.207. The molecule has 0 aliphatic heterocycles. The summed E-state index contributed by atoms with van der Waals surface area (Å²) in [6.45, 7) is 1.56. The molecule has 0 saturated heterocycles. The highest BCUT2D eigenvalue weighted by molar-refractivity contribution is 6.35. The van der Waals surface area contributed by atoms with E-state index >= 15 is 0 Å². The van der Waals surface area contributed by atoms with E-state index in [1.807, 2.05) is 0 Å². The Bertz CT molecular complexity index is 1160. The number of nitrogens with zero attached hydrogens (tertiary/aromatic N) is 1. The lowest BCUT2D eigenvalue weighted by atomic mass is 10.1. The van der Waals surface area contributed by atoms with Crippen molar-refractivity contribution in [3.63, 3.8) is 0 Å². The fraction of sp³-hybridized carbons (Fsp3) is 0.125. The molecule has 0 aliphatic carbocycles. The summed E-state index contributed by atoms with van der Waals surface area (Å²) in [6, 6.07) is 18.5. The van der Waals surface area contributed by atoms with Crippen LogP contribution < -0.4 is 20.2 Å². The topological polar surface area (TPSA) is 89.0 Å². The number of halogens is 2. The molecular weight excluding hydrogens is 465 g/mol. The van der Waals surface area contributed by atoms with E-state index in [1.165, 1.54) is 0 Å². The smallest absolute Gasteiger partial charge is 0.271 e. The molecule has 0 radical (unpaired) electrons. The largest absolute Gasteiger partial charge is 0.497 e. The van der Waals surface area contributed by atoms with Gasteiger partial charge in [-0.15, -0.1) is 0 Å². The molecule has 0 aromatic heterocycles. The van der Waals surface area contributed by atoms with Gasteiger partial charge in [0.25, 0.3) is 11.8 Å². The molecule has 0 spiro atoms. The van der Waals surface area contributed by atoms with Crippen molar-refractivity contribution in [3.8, 4) is 11.5 Å². The number of carbonyl (C=O) groups is 2. The zero-order valence-electron chi connectivity index (χ0n) is 17.9. The molecule has 0 atom stereocenters. The Morgan fingerprint density at radius 3 is 2.24 bits per heavy atom.